The van der Waals surface area contributed by atoms with Crippen LogP contribution in [0.25, 0.3) is 11.4 Å². The molecule has 7 heteroatoms. The summed E-state index contributed by atoms with van der Waals surface area (Å²) in [5.41, 5.74) is 7.64. The lowest BCUT2D eigenvalue weighted by Crippen LogP contribution is -2.11. The molecule has 0 spiro atoms. The monoisotopic (exact) mass is 379 g/mol. The van der Waals surface area contributed by atoms with Crippen LogP contribution in [0.2, 0.25) is 0 Å². The Labute approximate surface area is 164 Å². The lowest BCUT2D eigenvalue weighted by atomic mass is 10.1. The number of anilines is 1. The van der Waals surface area contributed by atoms with Gasteiger partial charge in [-0.3, -0.25) is 9.89 Å². The van der Waals surface area contributed by atoms with Crippen LogP contribution in [-0.2, 0) is 6.54 Å². The van der Waals surface area contributed by atoms with Crippen LogP contribution in [0.3, 0.4) is 0 Å². The largest absolute Gasteiger partial charge is 0.494 e. The van der Waals surface area contributed by atoms with Gasteiger partial charge in [0.2, 0.25) is 0 Å². The molecule has 2 aromatic carbocycles. The molecule has 0 aliphatic heterocycles. The van der Waals surface area contributed by atoms with E-state index in [0.717, 1.165) is 17.7 Å². The predicted octanol–water partition coefficient (Wildman–Crippen LogP) is 3.61. The van der Waals surface area contributed by atoms with Crippen molar-refractivity contribution >= 4 is 11.6 Å². The van der Waals surface area contributed by atoms with Crippen LogP contribution < -0.4 is 15.8 Å². The Balaban J connectivity index is 1.58. The molecule has 3 rings (SSSR count). The summed E-state index contributed by atoms with van der Waals surface area (Å²) in [5.74, 6) is 2.40. The van der Waals surface area contributed by atoms with Gasteiger partial charge >= 0.3 is 0 Å². The highest BCUT2D eigenvalue weighted by Gasteiger charge is 2.08. The second-order valence-corrected chi connectivity index (χ2v) is 6.90. The number of nitrogens with two attached hydrogens (primary N) is 1. The van der Waals surface area contributed by atoms with Gasteiger partial charge < -0.3 is 15.8 Å². The Kier molecular flexibility index (Phi) is 6.39. The average molecular weight is 379 g/mol. The fourth-order valence-corrected chi connectivity index (χ4v) is 2.54. The molecule has 0 aliphatic carbocycles. The van der Waals surface area contributed by atoms with Gasteiger partial charge in [0.1, 0.15) is 11.6 Å². The van der Waals surface area contributed by atoms with Crippen LogP contribution in [0, 0.1) is 5.92 Å². The second kappa shape index (κ2) is 9.14. The second-order valence-electron chi connectivity index (χ2n) is 6.90. The molecule has 0 saturated heterocycles. The van der Waals surface area contributed by atoms with Gasteiger partial charge in [0.15, 0.2) is 5.82 Å². The number of aromatic amines is 1. The Morgan fingerprint density at radius 3 is 2.46 bits per heavy atom. The average Bonchev–Trinajstić information content (AvgIpc) is 3.18. The third-order valence-electron chi connectivity index (χ3n) is 4.21. The van der Waals surface area contributed by atoms with Crippen molar-refractivity contribution in [1.82, 2.24) is 15.2 Å². The van der Waals surface area contributed by atoms with E-state index in [4.69, 9.17) is 10.5 Å². The first-order valence-electron chi connectivity index (χ1n) is 9.31. The smallest absolute Gasteiger partial charge is 0.255 e. The summed E-state index contributed by atoms with van der Waals surface area (Å²) in [6.07, 6.45) is 1.000. The topological polar surface area (TPSA) is 106 Å². The highest BCUT2D eigenvalue weighted by molar-refractivity contribution is 6.04. The fourth-order valence-electron chi connectivity index (χ4n) is 2.54. The zero-order valence-corrected chi connectivity index (χ0v) is 16.1. The van der Waals surface area contributed by atoms with E-state index in [1.165, 1.54) is 0 Å². The molecular weight excluding hydrogens is 354 g/mol. The molecule has 1 heterocycles. The number of ether oxygens (including phenoxy) is 1. The summed E-state index contributed by atoms with van der Waals surface area (Å²) in [4.78, 5) is 16.7. The molecule has 146 valence electrons. The van der Waals surface area contributed by atoms with Crippen molar-refractivity contribution in [1.29, 1.82) is 0 Å². The number of carbonyl (C=O) groups excluding carboxylic acids is 1. The van der Waals surface area contributed by atoms with Crippen LogP contribution in [0.4, 0.5) is 5.69 Å². The molecule has 0 fully saturated rings. The molecule has 0 unspecified atom stereocenters. The number of hydrogen-bond acceptors (Lipinski definition) is 5. The number of aromatic nitrogens is 3. The van der Waals surface area contributed by atoms with Crippen molar-refractivity contribution in [2.45, 2.75) is 26.8 Å². The van der Waals surface area contributed by atoms with Crippen LogP contribution in [0.15, 0.2) is 48.5 Å². The lowest BCUT2D eigenvalue weighted by molar-refractivity contribution is 0.102. The number of benzene rings is 2. The summed E-state index contributed by atoms with van der Waals surface area (Å²) < 4.78 is 5.68. The van der Waals surface area contributed by atoms with Gasteiger partial charge in [-0.15, -0.1) is 0 Å². The van der Waals surface area contributed by atoms with Crippen molar-refractivity contribution in [3.05, 3.63) is 59.9 Å². The van der Waals surface area contributed by atoms with Gasteiger partial charge in [-0.1, -0.05) is 13.8 Å². The molecule has 0 atom stereocenters. The van der Waals surface area contributed by atoms with Gasteiger partial charge in [0.05, 0.1) is 13.2 Å². The molecule has 1 amide bonds. The summed E-state index contributed by atoms with van der Waals surface area (Å²) in [6.45, 7) is 5.30. The molecule has 0 bridgehead atoms. The Morgan fingerprint density at radius 2 is 1.86 bits per heavy atom. The number of H-pyrrole nitrogens is 1. The minimum absolute atomic E-state index is 0.176. The third kappa shape index (κ3) is 5.17. The predicted molar refractivity (Wildman–Crippen MR) is 109 cm³/mol. The standard InChI is InChI=1S/C21H25N5O2/c1-14(2)11-12-28-18-9-5-16(6-10-18)21(27)23-17-7-3-15(4-8-17)20-24-19(13-22)25-26-20/h3-10,14H,11-13,22H2,1-2H3,(H,23,27)(H,24,25,26). The van der Waals surface area contributed by atoms with Crippen LogP contribution in [0.1, 0.15) is 36.5 Å². The first-order chi connectivity index (χ1) is 13.5. The molecule has 0 saturated carbocycles. The highest BCUT2D eigenvalue weighted by Crippen LogP contribution is 2.19. The van der Waals surface area contributed by atoms with Crippen molar-refractivity contribution in [3.8, 4) is 17.1 Å². The van der Waals surface area contributed by atoms with E-state index in [1.807, 2.05) is 36.4 Å². The van der Waals surface area contributed by atoms with Gasteiger partial charge in [-0.25, -0.2) is 4.98 Å². The van der Waals surface area contributed by atoms with Crippen molar-refractivity contribution < 1.29 is 9.53 Å². The van der Waals surface area contributed by atoms with Crippen molar-refractivity contribution in [2.24, 2.45) is 11.7 Å². The van der Waals surface area contributed by atoms with E-state index >= 15 is 0 Å². The number of nitrogens with one attached hydrogen (secondary N) is 2. The van der Waals surface area contributed by atoms with Crippen LogP contribution in [-0.4, -0.2) is 27.7 Å². The summed E-state index contributed by atoms with van der Waals surface area (Å²) >= 11 is 0. The molecule has 0 radical (unpaired) electrons. The molecule has 4 N–H and O–H groups in total. The molecule has 7 nitrogen and oxygen atoms in total. The van der Waals surface area contributed by atoms with Crippen LogP contribution >= 0.6 is 0 Å². The van der Waals surface area contributed by atoms with E-state index in [-0.39, 0.29) is 5.91 Å². The van der Waals surface area contributed by atoms with Crippen LogP contribution in [0.5, 0.6) is 5.75 Å². The van der Waals surface area contributed by atoms with Crippen molar-refractivity contribution in [2.75, 3.05) is 11.9 Å². The zero-order chi connectivity index (χ0) is 19.9. The molecular formula is C21H25N5O2. The minimum Gasteiger partial charge on any atom is -0.494 e. The van der Waals surface area contributed by atoms with Gasteiger partial charge in [0.25, 0.3) is 5.91 Å². The first-order valence-corrected chi connectivity index (χ1v) is 9.31. The SMILES string of the molecule is CC(C)CCOc1ccc(C(=O)Nc2ccc(-c3n[nH]c(CN)n3)cc2)cc1. The number of nitrogens with zero attached hydrogens (tertiary/aromatic N) is 2. The number of carbonyl (C=O) groups is 1. The summed E-state index contributed by atoms with van der Waals surface area (Å²) in [5, 5.41) is 9.78. The summed E-state index contributed by atoms with van der Waals surface area (Å²) in [7, 11) is 0. The normalized spacial score (nSPS) is 10.9. The molecule has 1 aromatic heterocycles. The van der Waals surface area contributed by atoms with Gasteiger partial charge in [0, 0.05) is 16.8 Å². The maximum Gasteiger partial charge on any atom is 0.255 e. The maximum absolute atomic E-state index is 12.4. The van der Waals surface area contributed by atoms with Gasteiger partial charge in [-0.2, -0.15) is 5.10 Å². The molecule has 28 heavy (non-hydrogen) atoms. The van der Waals surface area contributed by atoms with Crippen molar-refractivity contribution in [3.63, 3.8) is 0 Å². The first kappa shape index (κ1) is 19.6. The molecule has 0 aliphatic rings. The highest BCUT2D eigenvalue weighted by atomic mass is 16.5. The number of amides is 1. The van der Waals surface area contributed by atoms with E-state index < -0.39 is 0 Å². The maximum atomic E-state index is 12.4. The quantitative estimate of drug-likeness (QED) is 0.554. The zero-order valence-electron chi connectivity index (χ0n) is 16.1. The summed E-state index contributed by atoms with van der Waals surface area (Å²) in [6, 6.07) is 14.5. The van der Waals surface area contributed by atoms with Gasteiger partial charge in [-0.05, 0) is 60.9 Å². The lowest BCUT2D eigenvalue weighted by Gasteiger charge is -2.09. The Bertz CT molecular complexity index is 901. The minimum atomic E-state index is -0.176. The van der Waals surface area contributed by atoms with E-state index in [0.29, 0.717) is 42.0 Å². The van der Waals surface area contributed by atoms with E-state index in [9.17, 15) is 4.79 Å². The third-order valence-corrected chi connectivity index (χ3v) is 4.21. The Morgan fingerprint density at radius 1 is 1.14 bits per heavy atom. The number of hydrogen-bond donors (Lipinski definition) is 3. The Hall–Kier alpha value is -3.19. The van der Waals surface area contributed by atoms with E-state index in [1.54, 1.807) is 12.1 Å². The fraction of sp³-hybridized carbons (Fsp3) is 0.286. The number of rotatable bonds is 8. The van der Waals surface area contributed by atoms with E-state index in [2.05, 4.69) is 34.3 Å². The molecule has 3 aromatic rings.